The Morgan fingerprint density at radius 2 is 1.59 bits per heavy atom. The fourth-order valence-electron chi connectivity index (χ4n) is 4.93. The number of rotatable bonds is 6. The smallest absolute Gasteiger partial charge is 0.327 e. The van der Waals surface area contributed by atoms with Gasteiger partial charge in [0.05, 0.1) is 0 Å². The van der Waals surface area contributed by atoms with Crippen LogP contribution < -0.4 is 10.2 Å². The van der Waals surface area contributed by atoms with Crippen molar-refractivity contribution in [2.75, 3.05) is 11.4 Å². The summed E-state index contributed by atoms with van der Waals surface area (Å²) >= 11 is 0. The molecule has 1 aliphatic rings. The molecule has 34 heavy (non-hydrogen) atoms. The molecule has 4 aromatic carbocycles. The van der Waals surface area contributed by atoms with Gasteiger partial charge in [-0.1, -0.05) is 78.4 Å². The lowest BCUT2D eigenvalue weighted by molar-refractivity contribution is -0.139. The maximum atomic E-state index is 12.7. The molecule has 1 heterocycles. The van der Waals surface area contributed by atoms with Crippen LogP contribution in [0.2, 0.25) is 0 Å². The minimum absolute atomic E-state index is 0.200. The molecule has 0 fully saturated rings. The summed E-state index contributed by atoms with van der Waals surface area (Å²) < 4.78 is 0. The Morgan fingerprint density at radius 1 is 0.882 bits per heavy atom. The molecule has 0 bridgehead atoms. The number of benzene rings is 4. The van der Waals surface area contributed by atoms with Crippen LogP contribution in [0.15, 0.2) is 91.0 Å². The Balaban J connectivity index is 1.45. The first-order valence-electron chi connectivity index (χ1n) is 11.4. The normalized spacial score (nSPS) is 16.9. The van der Waals surface area contributed by atoms with Gasteiger partial charge in [0.1, 0.15) is 6.04 Å². The second-order valence-corrected chi connectivity index (χ2v) is 8.79. The van der Waals surface area contributed by atoms with E-state index in [2.05, 4.69) is 29.6 Å². The minimum Gasteiger partial charge on any atom is -0.480 e. The third-order valence-electron chi connectivity index (χ3n) is 6.63. The van der Waals surface area contributed by atoms with Crippen molar-refractivity contribution in [1.29, 1.82) is 0 Å². The Bertz CT molecular complexity index is 1360. The van der Waals surface area contributed by atoms with Gasteiger partial charge < -0.3 is 15.3 Å². The third kappa shape index (κ3) is 4.01. The van der Waals surface area contributed by atoms with E-state index in [9.17, 15) is 14.7 Å². The first-order chi connectivity index (χ1) is 16.5. The van der Waals surface area contributed by atoms with E-state index in [-0.39, 0.29) is 18.4 Å². The molecule has 170 valence electrons. The van der Waals surface area contributed by atoms with Crippen LogP contribution >= 0.6 is 0 Å². The molecule has 0 saturated heterocycles. The van der Waals surface area contributed by atoms with Gasteiger partial charge >= 0.3 is 5.97 Å². The first kappa shape index (κ1) is 21.7. The second kappa shape index (κ2) is 9.02. The minimum atomic E-state index is -0.897. The topological polar surface area (TPSA) is 69.6 Å². The van der Waals surface area contributed by atoms with Crippen LogP contribution in [-0.4, -0.2) is 29.6 Å². The van der Waals surface area contributed by atoms with Gasteiger partial charge in [0.15, 0.2) is 0 Å². The summed E-state index contributed by atoms with van der Waals surface area (Å²) in [7, 11) is 0. The number of aryl methyl sites for hydroxylation is 1. The van der Waals surface area contributed by atoms with E-state index >= 15 is 0 Å². The van der Waals surface area contributed by atoms with E-state index in [1.807, 2.05) is 66.4 Å². The zero-order valence-electron chi connectivity index (χ0n) is 18.9. The van der Waals surface area contributed by atoms with Gasteiger partial charge in [-0.3, -0.25) is 4.79 Å². The van der Waals surface area contributed by atoms with Gasteiger partial charge in [0, 0.05) is 30.3 Å². The molecule has 2 N–H and O–H groups in total. The van der Waals surface area contributed by atoms with Crippen molar-refractivity contribution in [3.05, 3.63) is 113 Å². The molecule has 0 aromatic heterocycles. The number of aliphatic carboxylic acids is 1. The highest BCUT2D eigenvalue weighted by Crippen LogP contribution is 2.42. The van der Waals surface area contributed by atoms with E-state index in [0.717, 1.165) is 33.2 Å². The largest absolute Gasteiger partial charge is 0.480 e. The molecule has 5 heteroatoms. The highest BCUT2D eigenvalue weighted by Gasteiger charge is 2.43. The fourth-order valence-corrected chi connectivity index (χ4v) is 4.93. The number of fused-ring (bicyclic) bond motifs is 2. The van der Waals surface area contributed by atoms with Crippen molar-refractivity contribution in [3.63, 3.8) is 0 Å². The van der Waals surface area contributed by atoms with Crippen LogP contribution in [-0.2, 0) is 11.3 Å². The lowest BCUT2D eigenvalue weighted by Gasteiger charge is -2.28. The number of carboxylic acid groups (broad SMARTS) is 1. The Hall–Kier alpha value is -4.12. The summed E-state index contributed by atoms with van der Waals surface area (Å²) in [5.74, 6) is -1.46. The van der Waals surface area contributed by atoms with Crippen molar-refractivity contribution < 1.29 is 14.7 Å². The number of anilines is 1. The van der Waals surface area contributed by atoms with Gasteiger partial charge in [-0.2, -0.15) is 0 Å². The lowest BCUT2D eigenvalue weighted by Crippen LogP contribution is -2.43. The number of nitrogens with zero attached hydrogens (tertiary/aromatic N) is 1. The molecular weight excluding hydrogens is 424 g/mol. The second-order valence-electron chi connectivity index (χ2n) is 8.79. The number of carboxylic acids is 1. The van der Waals surface area contributed by atoms with Crippen LogP contribution in [0.4, 0.5) is 5.69 Å². The van der Waals surface area contributed by atoms with Gasteiger partial charge in [-0.25, -0.2) is 4.79 Å². The molecular formula is C29H26N2O3. The molecule has 0 spiro atoms. The van der Waals surface area contributed by atoms with Gasteiger partial charge in [0.2, 0.25) is 0 Å². The molecule has 1 aliphatic heterocycles. The average Bonchev–Trinajstić information content (AvgIpc) is 3.17. The molecule has 0 aliphatic carbocycles. The predicted octanol–water partition coefficient (Wildman–Crippen LogP) is 5.14. The van der Waals surface area contributed by atoms with Crippen LogP contribution in [0.5, 0.6) is 0 Å². The number of carbonyl (C=O) groups is 2. The Kier molecular flexibility index (Phi) is 5.76. The molecule has 0 radical (unpaired) electrons. The summed E-state index contributed by atoms with van der Waals surface area (Å²) in [6.07, 6.45) is 0. The number of amides is 1. The molecule has 2 unspecified atom stereocenters. The van der Waals surface area contributed by atoms with E-state index in [1.54, 1.807) is 12.1 Å². The molecule has 1 amide bonds. The first-order valence-corrected chi connectivity index (χ1v) is 11.4. The van der Waals surface area contributed by atoms with Crippen molar-refractivity contribution in [3.8, 4) is 0 Å². The standard InChI is InChI=1S/C29H26N2O3/c1-19-13-15-21(16-14-19)28(32)30-17-25-24-11-4-5-12-26(24)31(27(25)29(33)34)18-22-9-6-8-20-7-2-3-10-23(20)22/h2-16,25,27H,17-18H2,1H3,(H,30,32)(H,33,34). The van der Waals surface area contributed by atoms with Gasteiger partial charge in [-0.05, 0) is 47.0 Å². The lowest BCUT2D eigenvalue weighted by atomic mass is 9.94. The van der Waals surface area contributed by atoms with Gasteiger partial charge in [0.25, 0.3) is 5.91 Å². The number of hydrogen-bond acceptors (Lipinski definition) is 3. The maximum Gasteiger partial charge on any atom is 0.327 e. The van der Waals surface area contributed by atoms with Crippen molar-refractivity contribution in [2.24, 2.45) is 0 Å². The van der Waals surface area contributed by atoms with Crippen LogP contribution in [0.1, 0.15) is 33.0 Å². The van der Waals surface area contributed by atoms with Crippen molar-refractivity contribution in [1.82, 2.24) is 5.32 Å². The fraction of sp³-hybridized carbons (Fsp3) is 0.172. The molecule has 0 saturated carbocycles. The zero-order chi connectivity index (χ0) is 23.7. The summed E-state index contributed by atoms with van der Waals surface area (Å²) in [5, 5.41) is 15.5. The highest BCUT2D eigenvalue weighted by molar-refractivity contribution is 5.94. The van der Waals surface area contributed by atoms with Crippen LogP contribution in [0.3, 0.4) is 0 Å². The zero-order valence-corrected chi connectivity index (χ0v) is 18.9. The molecule has 5 nitrogen and oxygen atoms in total. The molecule has 2 atom stereocenters. The summed E-state index contributed by atoms with van der Waals surface area (Å²) in [6, 6.07) is 28.6. The average molecular weight is 451 g/mol. The number of para-hydroxylation sites is 1. The SMILES string of the molecule is Cc1ccc(C(=O)NCC2c3ccccc3N(Cc3cccc4ccccc34)C2C(=O)O)cc1. The third-order valence-corrected chi connectivity index (χ3v) is 6.63. The summed E-state index contributed by atoms with van der Waals surface area (Å²) in [4.78, 5) is 27.3. The van der Waals surface area contributed by atoms with E-state index in [4.69, 9.17) is 0 Å². The van der Waals surface area contributed by atoms with E-state index < -0.39 is 12.0 Å². The molecule has 4 aromatic rings. The number of nitrogens with one attached hydrogen (secondary N) is 1. The maximum absolute atomic E-state index is 12.7. The summed E-state index contributed by atoms with van der Waals surface area (Å²) in [6.45, 7) is 2.68. The van der Waals surface area contributed by atoms with Crippen molar-refractivity contribution >= 4 is 28.3 Å². The van der Waals surface area contributed by atoms with Gasteiger partial charge in [-0.15, -0.1) is 0 Å². The number of hydrogen-bond donors (Lipinski definition) is 2. The molecule has 5 rings (SSSR count). The van der Waals surface area contributed by atoms with Crippen LogP contribution in [0.25, 0.3) is 10.8 Å². The van der Waals surface area contributed by atoms with E-state index in [1.165, 1.54) is 0 Å². The van der Waals surface area contributed by atoms with E-state index in [0.29, 0.717) is 12.1 Å². The Morgan fingerprint density at radius 3 is 2.38 bits per heavy atom. The van der Waals surface area contributed by atoms with Crippen molar-refractivity contribution in [2.45, 2.75) is 25.4 Å². The highest BCUT2D eigenvalue weighted by atomic mass is 16.4. The number of carbonyl (C=O) groups excluding carboxylic acids is 1. The monoisotopic (exact) mass is 450 g/mol. The summed E-state index contributed by atoms with van der Waals surface area (Å²) in [5.41, 5.74) is 4.56. The predicted molar refractivity (Wildman–Crippen MR) is 134 cm³/mol. The Labute approximate surface area is 198 Å². The quantitative estimate of drug-likeness (QED) is 0.427. The van der Waals surface area contributed by atoms with Crippen LogP contribution in [0, 0.1) is 6.92 Å².